The lowest BCUT2D eigenvalue weighted by molar-refractivity contribution is -0.388. The largest absolute Gasteiger partial charge is 0.504 e. The van der Waals surface area contributed by atoms with E-state index >= 15 is 0 Å². The summed E-state index contributed by atoms with van der Waals surface area (Å²) in [6, 6.07) is 7.67. The van der Waals surface area contributed by atoms with Gasteiger partial charge in [0.2, 0.25) is 21.4 Å². The summed E-state index contributed by atoms with van der Waals surface area (Å²) < 4.78 is 72.5. The molecule has 0 aliphatic carbocycles. The predicted molar refractivity (Wildman–Crippen MR) is 119 cm³/mol. The Labute approximate surface area is 208 Å². The molecule has 4 aromatic rings. The second kappa shape index (κ2) is 9.62. The second-order valence-corrected chi connectivity index (χ2v) is 10.1. The van der Waals surface area contributed by atoms with E-state index in [4.69, 9.17) is 4.52 Å². The van der Waals surface area contributed by atoms with Crippen molar-refractivity contribution in [3.8, 4) is 28.7 Å². The van der Waals surface area contributed by atoms with Crippen molar-refractivity contribution in [3.05, 3.63) is 75.9 Å². The minimum absolute atomic E-state index is 0.248. The Morgan fingerprint density at radius 2 is 1.70 bits per heavy atom. The molecule has 0 saturated carbocycles. The van der Waals surface area contributed by atoms with Crippen LogP contribution in [-0.2, 0) is 15.6 Å². The van der Waals surface area contributed by atoms with Crippen LogP contribution in [0.3, 0.4) is 0 Å². The molecule has 0 aliphatic rings. The fraction of sp³-hybridized carbons (Fsp3) is 0.0476. The van der Waals surface area contributed by atoms with Crippen LogP contribution < -0.4 is 0 Å². The average Bonchev–Trinajstić information content (AvgIpc) is 3.34. The number of nitrogens with zero attached hydrogens (tertiary/aromatic N) is 3. The second-order valence-electron chi connectivity index (χ2n) is 7.18. The van der Waals surface area contributed by atoms with Crippen LogP contribution in [-0.4, -0.2) is 38.8 Å². The van der Waals surface area contributed by atoms with Gasteiger partial charge in [0.25, 0.3) is 5.89 Å². The van der Waals surface area contributed by atoms with E-state index < -0.39 is 76.4 Å². The molecule has 0 radical (unpaired) electrons. The quantitative estimate of drug-likeness (QED) is 0.0974. The SMILES string of the molecule is O=[N+]([O-])c1c(O)c(O)cc(-c2nc(CSc3cc(F)c(F)c(O)c3F)no2)c1S(=O)(=O)c1ccccc1. The highest BCUT2D eigenvalue weighted by atomic mass is 32.2. The van der Waals surface area contributed by atoms with E-state index in [1.54, 1.807) is 0 Å². The third kappa shape index (κ3) is 4.63. The smallest absolute Gasteiger partial charge is 0.334 e. The highest BCUT2D eigenvalue weighted by Crippen LogP contribution is 2.47. The van der Waals surface area contributed by atoms with Crippen LogP contribution in [0.5, 0.6) is 17.2 Å². The highest BCUT2D eigenvalue weighted by Gasteiger charge is 2.38. The van der Waals surface area contributed by atoms with Crippen molar-refractivity contribution in [2.75, 3.05) is 0 Å². The molecule has 1 aromatic heterocycles. The zero-order valence-corrected chi connectivity index (χ0v) is 19.6. The normalized spacial score (nSPS) is 11.5. The van der Waals surface area contributed by atoms with Crippen molar-refractivity contribution in [2.45, 2.75) is 20.4 Å². The maximum atomic E-state index is 14.0. The van der Waals surface area contributed by atoms with Gasteiger partial charge >= 0.3 is 5.69 Å². The topological polar surface area (TPSA) is 177 Å². The summed E-state index contributed by atoms with van der Waals surface area (Å²) in [5.41, 5.74) is -1.96. The molecule has 0 amide bonds. The summed E-state index contributed by atoms with van der Waals surface area (Å²) in [4.78, 5) is 12.5. The summed E-state index contributed by atoms with van der Waals surface area (Å²) in [7, 11) is -4.70. The van der Waals surface area contributed by atoms with Crippen LogP contribution >= 0.6 is 11.8 Å². The van der Waals surface area contributed by atoms with Crippen LogP contribution in [0.2, 0.25) is 0 Å². The number of rotatable bonds is 7. The van der Waals surface area contributed by atoms with E-state index in [0.29, 0.717) is 23.9 Å². The first-order chi connectivity index (χ1) is 17.4. The number of hydrogen-bond acceptors (Lipinski definition) is 11. The Kier molecular flexibility index (Phi) is 6.70. The van der Waals surface area contributed by atoms with Gasteiger partial charge in [0.05, 0.1) is 26.0 Å². The van der Waals surface area contributed by atoms with Gasteiger partial charge in [-0.05, 0) is 24.3 Å². The molecule has 0 aliphatic heterocycles. The summed E-state index contributed by atoms with van der Waals surface area (Å²) in [6.45, 7) is 0. The van der Waals surface area contributed by atoms with Crippen LogP contribution in [0.4, 0.5) is 18.9 Å². The first-order valence-corrected chi connectivity index (χ1v) is 12.3. The molecule has 0 fully saturated rings. The van der Waals surface area contributed by atoms with Gasteiger partial charge in [-0.3, -0.25) is 10.1 Å². The lowest BCUT2D eigenvalue weighted by atomic mass is 10.1. The Balaban J connectivity index is 1.80. The first-order valence-electron chi connectivity index (χ1n) is 9.79. The van der Waals surface area contributed by atoms with Crippen LogP contribution in [0, 0.1) is 27.6 Å². The van der Waals surface area contributed by atoms with E-state index in [2.05, 4.69) is 10.1 Å². The molecule has 0 saturated heterocycles. The summed E-state index contributed by atoms with van der Waals surface area (Å²) in [6.07, 6.45) is 0. The molecule has 4 rings (SSSR count). The van der Waals surface area contributed by atoms with Crippen LogP contribution in [0.25, 0.3) is 11.5 Å². The number of thioether (sulfide) groups is 1. The maximum absolute atomic E-state index is 14.0. The molecule has 3 aromatic carbocycles. The number of aromatic hydroxyl groups is 3. The number of phenols is 3. The van der Waals surface area contributed by atoms with Gasteiger partial charge in [-0.1, -0.05) is 23.4 Å². The van der Waals surface area contributed by atoms with Gasteiger partial charge in [-0.25, -0.2) is 17.2 Å². The minimum Gasteiger partial charge on any atom is -0.504 e. The molecular formula is C21H12F3N3O8S2. The van der Waals surface area contributed by atoms with E-state index in [9.17, 15) is 47.0 Å². The molecule has 0 spiro atoms. The number of sulfone groups is 1. The number of phenolic OH excluding ortho intramolecular Hbond substituents is 3. The summed E-state index contributed by atoms with van der Waals surface area (Å²) in [5, 5.41) is 44.7. The maximum Gasteiger partial charge on any atom is 0.334 e. The molecule has 16 heteroatoms. The zero-order valence-electron chi connectivity index (χ0n) is 17.9. The first kappa shape index (κ1) is 25.8. The van der Waals surface area contributed by atoms with Gasteiger partial charge in [-0.15, -0.1) is 11.8 Å². The molecule has 3 N–H and O–H groups in total. The lowest BCUT2D eigenvalue weighted by Gasteiger charge is -2.11. The van der Waals surface area contributed by atoms with Gasteiger partial charge in [-0.2, -0.15) is 9.37 Å². The van der Waals surface area contributed by atoms with Crippen molar-refractivity contribution in [3.63, 3.8) is 0 Å². The number of benzene rings is 3. The zero-order chi connectivity index (χ0) is 27.1. The molecule has 1 heterocycles. The van der Waals surface area contributed by atoms with Gasteiger partial charge in [0.15, 0.2) is 33.9 Å². The molecule has 0 atom stereocenters. The molecule has 0 unspecified atom stereocenters. The number of nitro benzene ring substituents is 1. The van der Waals surface area contributed by atoms with Crippen LogP contribution in [0.1, 0.15) is 5.82 Å². The number of aromatic nitrogens is 2. The van der Waals surface area contributed by atoms with Crippen molar-refractivity contribution in [1.29, 1.82) is 0 Å². The number of hydrogen-bond donors (Lipinski definition) is 3. The van der Waals surface area contributed by atoms with E-state index in [0.717, 1.165) is 12.1 Å². The van der Waals surface area contributed by atoms with Crippen LogP contribution in [0.15, 0.2) is 61.7 Å². The van der Waals surface area contributed by atoms with E-state index in [-0.39, 0.29) is 16.5 Å². The molecular weight excluding hydrogens is 543 g/mol. The van der Waals surface area contributed by atoms with Crippen molar-refractivity contribution >= 4 is 27.3 Å². The van der Waals surface area contributed by atoms with Crippen molar-refractivity contribution in [1.82, 2.24) is 10.1 Å². The third-order valence-corrected chi connectivity index (χ3v) is 7.72. The standard InChI is InChI=1S/C21H12F3N3O8S2/c22-11-7-13(16(24)19(30)15(11)23)36-8-14-25-21(35-26-14)10-6-12(28)18(29)17(27(31)32)20(10)37(33,34)9-4-2-1-3-5-9/h1-7,28-30H,8H2. The molecule has 11 nitrogen and oxygen atoms in total. The Morgan fingerprint density at radius 1 is 1.03 bits per heavy atom. The average molecular weight is 555 g/mol. The van der Waals surface area contributed by atoms with Crippen molar-refractivity contribution < 1.29 is 46.4 Å². The summed E-state index contributed by atoms with van der Waals surface area (Å²) in [5.74, 6) is -9.87. The van der Waals surface area contributed by atoms with E-state index in [1.807, 2.05) is 0 Å². The van der Waals surface area contributed by atoms with Gasteiger partial charge < -0.3 is 19.8 Å². The third-order valence-electron chi connectivity index (χ3n) is 4.87. The Hall–Kier alpha value is -4.31. The number of nitro groups is 1. The van der Waals surface area contributed by atoms with Gasteiger partial charge in [0.1, 0.15) is 0 Å². The Morgan fingerprint density at radius 3 is 2.35 bits per heavy atom. The molecule has 0 bridgehead atoms. The minimum atomic E-state index is -4.70. The highest BCUT2D eigenvalue weighted by molar-refractivity contribution is 7.98. The van der Waals surface area contributed by atoms with Crippen molar-refractivity contribution in [2.24, 2.45) is 0 Å². The monoisotopic (exact) mass is 555 g/mol. The molecule has 37 heavy (non-hydrogen) atoms. The molecule has 192 valence electrons. The fourth-order valence-corrected chi connectivity index (χ4v) is 5.61. The number of halogens is 3. The van der Waals surface area contributed by atoms with Gasteiger partial charge in [0, 0.05) is 0 Å². The predicted octanol–water partition coefficient (Wildman–Crippen LogP) is 4.30. The Bertz CT molecular complexity index is 1650. The fourth-order valence-electron chi connectivity index (χ4n) is 3.18. The lowest BCUT2D eigenvalue weighted by Crippen LogP contribution is -2.08. The summed E-state index contributed by atoms with van der Waals surface area (Å²) >= 11 is 0.523. The van der Waals surface area contributed by atoms with E-state index in [1.165, 1.54) is 18.2 Å².